The predicted octanol–water partition coefficient (Wildman–Crippen LogP) is 3.78. The van der Waals surface area contributed by atoms with E-state index in [9.17, 15) is 5.11 Å². The van der Waals surface area contributed by atoms with E-state index in [4.69, 9.17) is 0 Å². The van der Waals surface area contributed by atoms with E-state index in [1.807, 2.05) is 4.57 Å². The van der Waals surface area contributed by atoms with Crippen molar-refractivity contribution in [2.75, 3.05) is 0 Å². The fourth-order valence-corrected chi connectivity index (χ4v) is 2.61. The number of hydrogen-bond donors (Lipinski definition) is 1. The lowest BCUT2D eigenvalue weighted by Crippen LogP contribution is -2.25. The first-order valence-corrected chi connectivity index (χ1v) is 7.17. The van der Waals surface area contributed by atoms with Crippen LogP contribution in [0.3, 0.4) is 0 Å². The van der Waals surface area contributed by atoms with Gasteiger partial charge in [0.25, 0.3) is 0 Å². The summed E-state index contributed by atoms with van der Waals surface area (Å²) in [5, 5.41) is 9.96. The van der Waals surface area contributed by atoms with Gasteiger partial charge < -0.3 is 9.67 Å². The molecule has 0 aliphatic heterocycles. The molecule has 3 rings (SSSR count). The van der Waals surface area contributed by atoms with E-state index in [1.54, 1.807) is 20.2 Å². The normalized spacial score (nSPS) is 12.0. The molecular weight excluding hydrogens is 260 g/mol. The third-order valence-electron chi connectivity index (χ3n) is 3.53. The number of benzene rings is 2. The lowest BCUT2D eigenvalue weighted by Gasteiger charge is -2.18. The van der Waals surface area contributed by atoms with Crippen LogP contribution in [0.5, 0.6) is 0 Å². The highest BCUT2D eigenvalue weighted by Gasteiger charge is 2.15. The second-order valence-electron chi connectivity index (χ2n) is 6.26. The van der Waals surface area contributed by atoms with Gasteiger partial charge >= 0.3 is 0 Å². The van der Waals surface area contributed by atoms with Crippen LogP contribution in [-0.4, -0.2) is 20.3 Å². The Labute approximate surface area is 124 Å². The Morgan fingerprint density at radius 3 is 2.57 bits per heavy atom. The van der Waals surface area contributed by atoms with Gasteiger partial charge in [-0.05, 0) is 44.0 Å². The molecule has 0 saturated heterocycles. The summed E-state index contributed by atoms with van der Waals surface area (Å²) in [7, 11) is 0. The number of fused-ring (bicyclic) bond motifs is 1. The highest BCUT2D eigenvalue weighted by atomic mass is 16.3. The first kappa shape index (κ1) is 13.8. The molecule has 3 nitrogen and oxygen atoms in total. The number of hydrogen-bond acceptors (Lipinski definition) is 2. The zero-order chi connectivity index (χ0) is 15.0. The zero-order valence-electron chi connectivity index (χ0n) is 12.7. The third-order valence-corrected chi connectivity index (χ3v) is 3.53. The lowest BCUT2D eigenvalue weighted by atomic mass is 10.0. The molecule has 3 heteroatoms. The Hall–Kier alpha value is -2.13. The summed E-state index contributed by atoms with van der Waals surface area (Å²) in [6.07, 6.45) is 1.79. The number of imidazole rings is 1. The predicted molar refractivity (Wildman–Crippen MR) is 86.2 cm³/mol. The van der Waals surface area contributed by atoms with Gasteiger partial charge in [0.1, 0.15) is 0 Å². The van der Waals surface area contributed by atoms with Crippen molar-refractivity contribution in [3.63, 3.8) is 0 Å². The number of rotatable bonds is 3. The van der Waals surface area contributed by atoms with E-state index in [0.717, 1.165) is 11.0 Å². The van der Waals surface area contributed by atoms with Crippen molar-refractivity contribution in [1.29, 1.82) is 0 Å². The van der Waals surface area contributed by atoms with Gasteiger partial charge in [-0.25, -0.2) is 4.98 Å². The summed E-state index contributed by atoms with van der Waals surface area (Å²) in [4.78, 5) is 4.46. The average Bonchev–Trinajstić information content (AvgIpc) is 2.79. The number of aryl methyl sites for hydroxylation is 1. The van der Waals surface area contributed by atoms with Crippen molar-refractivity contribution in [3.8, 4) is 11.1 Å². The Morgan fingerprint density at radius 1 is 1.10 bits per heavy atom. The summed E-state index contributed by atoms with van der Waals surface area (Å²) in [5.74, 6) is 0. The molecule has 0 spiro atoms. The molecule has 0 aliphatic rings. The molecular formula is C18H20N2O. The molecule has 0 saturated carbocycles. The summed E-state index contributed by atoms with van der Waals surface area (Å²) in [6, 6.07) is 14.7. The Balaban J connectivity index is 2.02. The van der Waals surface area contributed by atoms with Crippen LogP contribution in [0.25, 0.3) is 22.2 Å². The quantitative estimate of drug-likeness (QED) is 0.792. The van der Waals surface area contributed by atoms with Gasteiger partial charge in [0.05, 0.1) is 29.5 Å². The largest absolute Gasteiger partial charge is 0.389 e. The molecule has 0 radical (unpaired) electrons. The summed E-state index contributed by atoms with van der Waals surface area (Å²) >= 11 is 0. The van der Waals surface area contributed by atoms with E-state index < -0.39 is 5.60 Å². The van der Waals surface area contributed by atoms with Crippen molar-refractivity contribution in [2.24, 2.45) is 0 Å². The van der Waals surface area contributed by atoms with Crippen LogP contribution < -0.4 is 0 Å². The van der Waals surface area contributed by atoms with Crippen LogP contribution >= 0.6 is 0 Å². The minimum absolute atomic E-state index is 0.535. The van der Waals surface area contributed by atoms with Crippen molar-refractivity contribution >= 4 is 11.0 Å². The maximum Gasteiger partial charge on any atom is 0.0959 e. The molecule has 0 bridgehead atoms. The van der Waals surface area contributed by atoms with E-state index in [-0.39, 0.29) is 0 Å². The Kier molecular flexibility index (Phi) is 3.30. The van der Waals surface area contributed by atoms with E-state index in [2.05, 4.69) is 54.4 Å². The third kappa shape index (κ3) is 2.98. The van der Waals surface area contributed by atoms with Gasteiger partial charge in [-0.3, -0.25) is 0 Å². The average molecular weight is 280 g/mol. The van der Waals surface area contributed by atoms with Gasteiger partial charge in [-0.15, -0.1) is 0 Å². The SMILES string of the molecule is Cc1cccc(-c2ccc3c(c2)ncn3CC(C)(C)O)c1. The molecule has 0 aliphatic carbocycles. The molecule has 3 aromatic rings. The molecule has 0 fully saturated rings. The Morgan fingerprint density at radius 2 is 1.86 bits per heavy atom. The maximum absolute atomic E-state index is 9.96. The molecule has 21 heavy (non-hydrogen) atoms. The second kappa shape index (κ2) is 5.01. The molecule has 1 heterocycles. The van der Waals surface area contributed by atoms with E-state index in [0.29, 0.717) is 6.54 Å². The smallest absolute Gasteiger partial charge is 0.0959 e. The molecule has 1 N–H and O–H groups in total. The van der Waals surface area contributed by atoms with E-state index in [1.165, 1.54) is 16.7 Å². The van der Waals surface area contributed by atoms with E-state index >= 15 is 0 Å². The number of aromatic nitrogens is 2. The fourth-order valence-electron chi connectivity index (χ4n) is 2.61. The van der Waals surface area contributed by atoms with Crippen LogP contribution in [0.15, 0.2) is 48.8 Å². The molecule has 2 aromatic carbocycles. The summed E-state index contributed by atoms with van der Waals surface area (Å²) in [6.45, 7) is 6.24. The highest BCUT2D eigenvalue weighted by Crippen LogP contribution is 2.25. The number of aliphatic hydroxyl groups is 1. The minimum Gasteiger partial charge on any atom is -0.389 e. The van der Waals surface area contributed by atoms with Crippen molar-refractivity contribution < 1.29 is 5.11 Å². The molecule has 1 aromatic heterocycles. The molecule has 0 unspecified atom stereocenters. The maximum atomic E-state index is 9.96. The van der Waals surface area contributed by atoms with Gasteiger partial charge in [-0.2, -0.15) is 0 Å². The highest BCUT2D eigenvalue weighted by molar-refractivity contribution is 5.82. The molecule has 0 amide bonds. The van der Waals surface area contributed by atoms with Gasteiger partial charge in [0.2, 0.25) is 0 Å². The van der Waals surface area contributed by atoms with Crippen molar-refractivity contribution in [1.82, 2.24) is 9.55 Å². The zero-order valence-corrected chi connectivity index (χ0v) is 12.7. The molecule has 108 valence electrons. The lowest BCUT2D eigenvalue weighted by molar-refractivity contribution is 0.0627. The van der Waals surface area contributed by atoms with Crippen LogP contribution in [0.2, 0.25) is 0 Å². The molecule has 0 atom stereocenters. The topological polar surface area (TPSA) is 38.0 Å². The Bertz CT molecular complexity index is 781. The second-order valence-corrected chi connectivity index (χ2v) is 6.26. The van der Waals surface area contributed by atoms with Crippen molar-refractivity contribution in [3.05, 3.63) is 54.4 Å². The van der Waals surface area contributed by atoms with Gasteiger partial charge in [0.15, 0.2) is 0 Å². The van der Waals surface area contributed by atoms with Crippen LogP contribution in [-0.2, 0) is 6.54 Å². The van der Waals surface area contributed by atoms with Crippen LogP contribution in [0, 0.1) is 6.92 Å². The van der Waals surface area contributed by atoms with Crippen molar-refractivity contribution in [2.45, 2.75) is 32.9 Å². The minimum atomic E-state index is -0.747. The van der Waals surface area contributed by atoms with Crippen LogP contribution in [0.1, 0.15) is 19.4 Å². The fraction of sp³-hybridized carbons (Fsp3) is 0.278. The first-order chi connectivity index (χ1) is 9.92. The van der Waals surface area contributed by atoms with Gasteiger partial charge in [0, 0.05) is 0 Å². The van der Waals surface area contributed by atoms with Gasteiger partial charge in [-0.1, -0.05) is 35.9 Å². The van der Waals surface area contributed by atoms with Crippen LogP contribution in [0.4, 0.5) is 0 Å². The monoisotopic (exact) mass is 280 g/mol. The summed E-state index contributed by atoms with van der Waals surface area (Å²) in [5.41, 5.74) is 4.88. The number of nitrogens with zero attached hydrogens (tertiary/aromatic N) is 2. The summed E-state index contributed by atoms with van der Waals surface area (Å²) < 4.78 is 2.00. The first-order valence-electron chi connectivity index (χ1n) is 7.17. The standard InChI is InChI=1S/C18H20N2O/c1-13-5-4-6-14(9-13)15-7-8-17-16(10-15)19-12-20(17)11-18(2,3)21/h4-10,12,21H,11H2,1-3H3.